The molecule has 1 saturated heterocycles. The number of alkyl carbamates (subject to hydrolysis) is 1. The maximum absolute atomic E-state index is 13.4. The topological polar surface area (TPSA) is 95.9 Å². The maximum Gasteiger partial charge on any atom is 0.408 e. The molecule has 2 aromatic rings. The number of aliphatic carboxylic acids is 1. The van der Waals surface area contributed by atoms with E-state index in [4.69, 9.17) is 9.84 Å². The van der Waals surface area contributed by atoms with Crippen LogP contribution in [0.25, 0.3) is 11.1 Å². The number of carboxylic acids is 1. The fraction of sp³-hybridized carbons (Fsp3) is 0.444. The van der Waals surface area contributed by atoms with Crippen molar-refractivity contribution >= 4 is 18.0 Å². The van der Waals surface area contributed by atoms with Gasteiger partial charge in [-0.1, -0.05) is 48.5 Å². The number of fused-ring (bicyclic) bond motifs is 3. The van der Waals surface area contributed by atoms with Crippen molar-refractivity contribution in [1.29, 1.82) is 0 Å². The highest BCUT2D eigenvalue weighted by molar-refractivity contribution is 5.90. The number of carbonyl (C=O) groups is 3. The molecule has 2 N–H and O–H groups in total. The quantitative estimate of drug-likeness (QED) is 0.648. The first-order chi connectivity index (χ1) is 16.4. The Morgan fingerprint density at radius 2 is 1.65 bits per heavy atom. The average Bonchev–Trinajstić information content (AvgIpc) is 3.51. The first kappa shape index (κ1) is 22.4. The van der Waals surface area contributed by atoms with Gasteiger partial charge in [0.1, 0.15) is 12.1 Å². The number of carboxylic acid groups (broad SMARTS) is 1. The Balaban J connectivity index is 1.25. The van der Waals surface area contributed by atoms with Crippen LogP contribution in [0.5, 0.6) is 0 Å². The van der Waals surface area contributed by atoms with E-state index in [1.165, 1.54) is 0 Å². The molecule has 2 atom stereocenters. The summed E-state index contributed by atoms with van der Waals surface area (Å²) in [6.45, 7) is 2.91. The van der Waals surface area contributed by atoms with E-state index in [1.807, 2.05) is 24.3 Å². The van der Waals surface area contributed by atoms with Gasteiger partial charge in [-0.15, -0.1) is 0 Å². The second-order valence-corrected chi connectivity index (χ2v) is 9.93. The zero-order valence-electron chi connectivity index (χ0n) is 19.3. The van der Waals surface area contributed by atoms with Gasteiger partial charge < -0.3 is 20.1 Å². The second-order valence-electron chi connectivity index (χ2n) is 9.93. The summed E-state index contributed by atoms with van der Waals surface area (Å²) in [5.74, 6) is -1.01. The van der Waals surface area contributed by atoms with Gasteiger partial charge in [-0.2, -0.15) is 0 Å². The van der Waals surface area contributed by atoms with Crippen LogP contribution in [0.1, 0.15) is 49.7 Å². The lowest BCUT2D eigenvalue weighted by molar-refractivity contribution is -0.140. The number of benzene rings is 2. The smallest absolute Gasteiger partial charge is 0.408 e. The monoisotopic (exact) mass is 462 g/mol. The van der Waals surface area contributed by atoms with E-state index in [-0.39, 0.29) is 36.7 Å². The first-order valence-electron chi connectivity index (χ1n) is 12.0. The zero-order valence-corrected chi connectivity index (χ0v) is 19.3. The second kappa shape index (κ2) is 8.78. The molecule has 7 nitrogen and oxygen atoms in total. The van der Waals surface area contributed by atoms with E-state index < -0.39 is 17.6 Å². The summed E-state index contributed by atoms with van der Waals surface area (Å²) in [5, 5.41) is 12.0. The highest BCUT2D eigenvalue weighted by Crippen LogP contribution is 2.45. The van der Waals surface area contributed by atoms with Crippen LogP contribution in [-0.4, -0.2) is 53.2 Å². The molecular formula is C27H30N2O5. The Morgan fingerprint density at radius 3 is 2.24 bits per heavy atom. The lowest BCUT2D eigenvalue weighted by atomic mass is 9.94. The molecule has 0 spiro atoms. The average molecular weight is 463 g/mol. The Morgan fingerprint density at radius 1 is 1.03 bits per heavy atom. The van der Waals surface area contributed by atoms with Crippen molar-refractivity contribution in [1.82, 2.24) is 10.2 Å². The van der Waals surface area contributed by atoms with Crippen LogP contribution in [0.4, 0.5) is 4.79 Å². The van der Waals surface area contributed by atoms with Gasteiger partial charge in [0, 0.05) is 25.4 Å². The van der Waals surface area contributed by atoms with Crippen LogP contribution >= 0.6 is 0 Å². The predicted molar refractivity (Wildman–Crippen MR) is 126 cm³/mol. The van der Waals surface area contributed by atoms with Crippen molar-refractivity contribution < 1.29 is 24.2 Å². The number of ether oxygens (including phenoxy) is 1. The van der Waals surface area contributed by atoms with Gasteiger partial charge in [-0.05, 0) is 60.3 Å². The Hall–Kier alpha value is -3.35. The van der Waals surface area contributed by atoms with Gasteiger partial charge >= 0.3 is 12.1 Å². The SMILES string of the molecule is CC(NC(=O)OCC1c2ccccc2-c2ccccc21)(C(=O)N1CCC(CC(=O)O)C1)C1CC1. The molecular weight excluding hydrogens is 432 g/mol. The lowest BCUT2D eigenvalue weighted by Crippen LogP contribution is -2.59. The third-order valence-electron chi connectivity index (χ3n) is 7.58. The van der Waals surface area contributed by atoms with Crippen molar-refractivity contribution in [3.05, 3.63) is 59.7 Å². The Labute approximate surface area is 199 Å². The van der Waals surface area contributed by atoms with Crippen molar-refractivity contribution in [2.24, 2.45) is 11.8 Å². The molecule has 1 saturated carbocycles. The predicted octanol–water partition coefficient (Wildman–Crippen LogP) is 4.02. The molecule has 2 aromatic carbocycles. The van der Waals surface area contributed by atoms with Gasteiger partial charge in [-0.25, -0.2) is 4.79 Å². The zero-order chi connectivity index (χ0) is 23.9. The molecule has 1 heterocycles. The molecule has 34 heavy (non-hydrogen) atoms. The van der Waals surface area contributed by atoms with Crippen LogP contribution in [0.3, 0.4) is 0 Å². The summed E-state index contributed by atoms with van der Waals surface area (Å²) in [4.78, 5) is 39.1. The molecule has 0 bridgehead atoms. The van der Waals surface area contributed by atoms with E-state index >= 15 is 0 Å². The number of nitrogens with zero attached hydrogens (tertiary/aromatic N) is 1. The van der Waals surface area contributed by atoms with Gasteiger partial charge in [-0.3, -0.25) is 9.59 Å². The number of hydrogen-bond acceptors (Lipinski definition) is 4. The van der Waals surface area contributed by atoms with Crippen LogP contribution in [0, 0.1) is 11.8 Å². The number of likely N-dealkylation sites (tertiary alicyclic amines) is 1. The van der Waals surface area contributed by atoms with Gasteiger partial charge in [0.05, 0.1) is 0 Å². The third-order valence-corrected chi connectivity index (χ3v) is 7.58. The van der Waals surface area contributed by atoms with E-state index in [1.54, 1.807) is 11.8 Å². The van der Waals surface area contributed by atoms with Crippen LogP contribution in [0.15, 0.2) is 48.5 Å². The van der Waals surface area contributed by atoms with Crippen molar-refractivity contribution in [2.45, 2.75) is 44.1 Å². The van der Waals surface area contributed by atoms with Gasteiger partial charge in [0.2, 0.25) is 5.91 Å². The number of rotatable bonds is 7. The highest BCUT2D eigenvalue weighted by atomic mass is 16.5. The molecule has 1 aliphatic heterocycles. The summed E-state index contributed by atoms with van der Waals surface area (Å²) in [6, 6.07) is 16.3. The Bertz CT molecular complexity index is 1080. The minimum atomic E-state index is -1.04. The molecule has 2 aliphatic carbocycles. The normalized spacial score (nSPS) is 20.9. The van der Waals surface area contributed by atoms with E-state index in [0.29, 0.717) is 19.5 Å². The summed E-state index contributed by atoms with van der Waals surface area (Å²) < 4.78 is 5.70. The summed E-state index contributed by atoms with van der Waals surface area (Å²) >= 11 is 0. The number of carbonyl (C=O) groups excluding carboxylic acids is 2. The van der Waals surface area contributed by atoms with Gasteiger partial charge in [0.25, 0.3) is 0 Å². The van der Waals surface area contributed by atoms with Crippen molar-refractivity contribution in [3.8, 4) is 11.1 Å². The lowest BCUT2D eigenvalue weighted by Gasteiger charge is -2.33. The molecule has 5 rings (SSSR count). The van der Waals surface area contributed by atoms with E-state index in [0.717, 1.165) is 35.1 Å². The van der Waals surface area contributed by atoms with Crippen LogP contribution in [-0.2, 0) is 14.3 Å². The van der Waals surface area contributed by atoms with E-state index in [2.05, 4.69) is 29.6 Å². The number of amides is 2. The highest BCUT2D eigenvalue weighted by Gasteiger charge is 2.51. The molecule has 0 radical (unpaired) electrons. The molecule has 2 unspecified atom stereocenters. The van der Waals surface area contributed by atoms with Crippen LogP contribution < -0.4 is 5.32 Å². The van der Waals surface area contributed by atoms with Crippen molar-refractivity contribution in [2.75, 3.05) is 19.7 Å². The largest absolute Gasteiger partial charge is 0.481 e. The Kier molecular flexibility index (Phi) is 5.80. The summed E-state index contributed by atoms with van der Waals surface area (Å²) in [7, 11) is 0. The maximum atomic E-state index is 13.4. The summed E-state index contributed by atoms with van der Waals surface area (Å²) in [5.41, 5.74) is 3.56. The minimum absolute atomic E-state index is 0.0423. The molecule has 7 heteroatoms. The first-order valence-corrected chi connectivity index (χ1v) is 12.0. The fourth-order valence-corrected chi connectivity index (χ4v) is 5.60. The minimum Gasteiger partial charge on any atom is -0.481 e. The molecule has 0 aromatic heterocycles. The standard InChI is InChI=1S/C27H30N2O5/c1-27(18-10-11-18,25(32)29-13-12-17(15-29)14-24(30)31)28-26(33)34-16-23-21-8-4-2-6-19(21)20-7-3-5-9-22(20)23/h2-9,17-18,23H,10-16H2,1H3,(H,28,33)(H,30,31). The molecule has 178 valence electrons. The van der Waals surface area contributed by atoms with E-state index in [9.17, 15) is 14.4 Å². The summed E-state index contributed by atoms with van der Waals surface area (Å²) in [6.07, 6.45) is 1.88. The molecule has 2 fully saturated rings. The van der Waals surface area contributed by atoms with Crippen molar-refractivity contribution in [3.63, 3.8) is 0 Å². The van der Waals surface area contributed by atoms with Gasteiger partial charge in [0.15, 0.2) is 0 Å². The van der Waals surface area contributed by atoms with Crippen LogP contribution in [0.2, 0.25) is 0 Å². The number of hydrogen-bond donors (Lipinski definition) is 2. The fourth-order valence-electron chi connectivity index (χ4n) is 5.60. The number of nitrogens with one attached hydrogen (secondary N) is 1. The molecule has 3 aliphatic rings. The molecule has 2 amide bonds. The third kappa shape index (κ3) is 4.15.